The molecule has 1 N–H and O–H groups in total. The first-order valence-electron chi connectivity index (χ1n) is 7.20. The summed E-state index contributed by atoms with van der Waals surface area (Å²) in [6.45, 7) is 1.42. The molecule has 1 saturated heterocycles. The predicted octanol–water partition coefficient (Wildman–Crippen LogP) is 2.15. The monoisotopic (exact) mass is 275 g/mol. The zero-order valence-corrected chi connectivity index (χ0v) is 11.6. The van der Waals surface area contributed by atoms with Crippen LogP contribution in [0.25, 0.3) is 0 Å². The van der Waals surface area contributed by atoms with Crippen LogP contribution in [0.1, 0.15) is 31.2 Å². The van der Waals surface area contributed by atoms with Gasteiger partial charge in [0, 0.05) is 25.4 Å². The lowest BCUT2D eigenvalue weighted by molar-refractivity contribution is -0.133. The summed E-state index contributed by atoms with van der Waals surface area (Å²) in [5, 5.41) is 9.20. The van der Waals surface area contributed by atoms with E-state index in [1.54, 1.807) is 12.1 Å². The van der Waals surface area contributed by atoms with Crippen LogP contribution in [0.2, 0.25) is 0 Å². The highest BCUT2D eigenvalue weighted by Crippen LogP contribution is 2.17. The van der Waals surface area contributed by atoms with Gasteiger partial charge in [0.25, 0.3) is 0 Å². The number of nitrogens with zero attached hydrogens (tertiary/aromatic N) is 1. The highest BCUT2D eigenvalue weighted by atomic mass is 16.3. The van der Waals surface area contributed by atoms with Crippen LogP contribution in [-0.2, 0) is 16.0 Å². The number of aryl methyl sites for hydroxylation is 1. The number of aldehydes is 1. The highest BCUT2D eigenvalue weighted by Gasteiger charge is 2.21. The molecule has 0 saturated carbocycles. The van der Waals surface area contributed by atoms with E-state index in [9.17, 15) is 14.7 Å². The van der Waals surface area contributed by atoms with Crippen LogP contribution >= 0.6 is 0 Å². The van der Waals surface area contributed by atoms with Crippen molar-refractivity contribution in [2.45, 2.75) is 32.1 Å². The lowest BCUT2D eigenvalue weighted by Crippen LogP contribution is -2.38. The van der Waals surface area contributed by atoms with Crippen LogP contribution in [0, 0.1) is 5.92 Å². The molecule has 108 valence electrons. The van der Waals surface area contributed by atoms with Crippen LogP contribution in [0.5, 0.6) is 5.75 Å². The minimum Gasteiger partial charge on any atom is -0.508 e. The molecule has 4 heteroatoms. The maximum atomic E-state index is 12.0. The van der Waals surface area contributed by atoms with Crippen LogP contribution < -0.4 is 0 Å². The number of carbonyl (C=O) groups excluding carboxylic acids is 2. The van der Waals surface area contributed by atoms with E-state index in [4.69, 9.17) is 0 Å². The van der Waals surface area contributed by atoms with E-state index in [1.807, 2.05) is 17.0 Å². The van der Waals surface area contributed by atoms with Gasteiger partial charge in [-0.1, -0.05) is 12.1 Å². The standard InChI is InChI=1S/C16H21NO3/c18-12-14-8-10-17(11-9-14)16(20)3-1-2-13-4-6-15(19)7-5-13/h4-7,12,14,19H,1-3,8-11H2. The molecule has 0 aromatic heterocycles. The Hall–Kier alpha value is -1.84. The van der Waals surface area contributed by atoms with Gasteiger partial charge in [-0.25, -0.2) is 0 Å². The van der Waals surface area contributed by atoms with Crippen LogP contribution in [-0.4, -0.2) is 35.3 Å². The second-order valence-electron chi connectivity index (χ2n) is 5.37. The lowest BCUT2D eigenvalue weighted by atomic mass is 9.98. The van der Waals surface area contributed by atoms with Crippen LogP contribution in [0.15, 0.2) is 24.3 Å². The first kappa shape index (κ1) is 14.6. The molecule has 0 spiro atoms. The van der Waals surface area contributed by atoms with Crippen molar-refractivity contribution < 1.29 is 14.7 Å². The average Bonchev–Trinajstić information content (AvgIpc) is 2.49. The third-order valence-corrected chi connectivity index (χ3v) is 3.88. The molecule has 4 nitrogen and oxygen atoms in total. The van der Waals surface area contributed by atoms with Gasteiger partial charge in [-0.3, -0.25) is 4.79 Å². The molecular weight excluding hydrogens is 254 g/mol. The number of benzene rings is 1. The van der Waals surface area contributed by atoms with Gasteiger partial charge >= 0.3 is 0 Å². The molecule has 1 aromatic rings. The Balaban J connectivity index is 1.70. The average molecular weight is 275 g/mol. The smallest absolute Gasteiger partial charge is 0.222 e. The molecule has 1 aliphatic rings. The number of hydrogen-bond donors (Lipinski definition) is 1. The quantitative estimate of drug-likeness (QED) is 0.838. The Labute approximate surface area is 119 Å². The van der Waals surface area contributed by atoms with Gasteiger partial charge in [-0.15, -0.1) is 0 Å². The zero-order valence-electron chi connectivity index (χ0n) is 11.6. The largest absolute Gasteiger partial charge is 0.508 e. The fourth-order valence-electron chi connectivity index (χ4n) is 2.55. The maximum absolute atomic E-state index is 12.0. The Morgan fingerprint density at radius 3 is 2.50 bits per heavy atom. The number of phenolic OH excluding ortho intramolecular Hbond substituents is 1. The molecule has 1 heterocycles. The number of phenols is 1. The van der Waals surface area contributed by atoms with Gasteiger partial charge in [0.15, 0.2) is 0 Å². The second-order valence-corrected chi connectivity index (χ2v) is 5.37. The summed E-state index contributed by atoms with van der Waals surface area (Å²) < 4.78 is 0. The SMILES string of the molecule is O=CC1CCN(C(=O)CCCc2ccc(O)cc2)CC1. The molecule has 0 radical (unpaired) electrons. The molecule has 1 aromatic carbocycles. The van der Waals surface area contributed by atoms with E-state index in [1.165, 1.54) is 0 Å². The molecule has 0 aliphatic carbocycles. The first-order valence-corrected chi connectivity index (χ1v) is 7.20. The normalized spacial score (nSPS) is 16.1. The summed E-state index contributed by atoms with van der Waals surface area (Å²) >= 11 is 0. The molecule has 1 aliphatic heterocycles. The van der Waals surface area contributed by atoms with Crippen LogP contribution in [0.3, 0.4) is 0 Å². The lowest BCUT2D eigenvalue weighted by Gasteiger charge is -2.29. The van der Waals surface area contributed by atoms with Gasteiger partial charge in [0.05, 0.1) is 0 Å². The molecule has 1 amide bonds. The summed E-state index contributed by atoms with van der Waals surface area (Å²) in [5.74, 6) is 0.590. The Morgan fingerprint density at radius 2 is 1.90 bits per heavy atom. The van der Waals surface area contributed by atoms with Crippen molar-refractivity contribution in [3.8, 4) is 5.75 Å². The molecule has 2 rings (SSSR count). The molecular formula is C16H21NO3. The van der Waals surface area contributed by atoms with Gasteiger partial charge in [0.1, 0.15) is 12.0 Å². The van der Waals surface area contributed by atoms with Crippen molar-refractivity contribution in [2.75, 3.05) is 13.1 Å². The molecule has 0 bridgehead atoms. The number of hydrogen-bond acceptors (Lipinski definition) is 3. The summed E-state index contributed by atoms with van der Waals surface area (Å²) in [6, 6.07) is 7.10. The maximum Gasteiger partial charge on any atom is 0.222 e. The van der Waals surface area contributed by atoms with Crippen molar-refractivity contribution in [3.63, 3.8) is 0 Å². The number of amides is 1. The van der Waals surface area contributed by atoms with E-state index < -0.39 is 0 Å². The second kappa shape index (κ2) is 7.08. The summed E-state index contributed by atoms with van der Waals surface area (Å²) in [5.41, 5.74) is 1.13. The van der Waals surface area contributed by atoms with Crippen LogP contribution in [0.4, 0.5) is 0 Å². The summed E-state index contributed by atoms with van der Waals surface area (Å²) in [6.07, 6.45) is 4.81. The van der Waals surface area contributed by atoms with Crippen molar-refractivity contribution in [2.24, 2.45) is 5.92 Å². The Kier molecular flexibility index (Phi) is 5.16. The number of likely N-dealkylation sites (tertiary alicyclic amines) is 1. The number of piperidine rings is 1. The molecule has 20 heavy (non-hydrogen) atoms. The fraction of sp³-hybridized carbons (Fsp3) is 0.500. The highest BCUT2D eigenvalue weighted by molar-refractivity contribution is 5.76. The Morgan fingerprint density at radius 1 is 1.25 bits per heavy atom. The topological polar surface area (TPSA) is 57.6 Å². The van der Waals surface area contributed by atoms with Crippen molar-refractivity contribution in [1.29, 1.82) is 0 Å². The van der Waals surface area contributed by atoms with Gasteiger partial charge in [-0.2, -0.15) is 0 Å². The van der Waals surface area contributed by atoms with Crippen molar-refractivity contribution >= 4 is 12.2 Å². The van der Waals surface area contributed by atoms with Gasteiger partial charge < -0.3 is 14.8 Å². The molecule has 0 atom stereocenters. The molecule has 0 unspecified atom stereocenters. The zero-order chi connectivity index (χ0) is 14.4. The van der Waals surface area contributed by atoms with Crippen molar-refractivity contribution in [3.05, 3.63) is 29.8 Å². The predicted molar refractivity (Wildman–Crippen MR) is 76.4 cm³/mol. The minimum atomic E-state index is 0.135. The number of carbonyl (C=O) groups is 2. The number of aromatic hydroxyl groups is 1. The van der Waals surface area contributed by atoms with E-state index in [2.05, 4.69) is 0 Å². The first-order chi connectivity index (χ1) is 9.69. The Bertz CT molecular complexity index is 447. The molecule has 1 fully saturated rings. The van der Waals surface area contributed by atoms with Gasteiger partial charge in [-0.05, 0) is 43.4 Å². The van der Waals surface area contributed by atoms with Gasteiger partial charge in [0.2, 0.25) is 5.91 Å². The summed E-state index contributed by atoms with van der Waals surface area (Å²) in [7, 11) is 0. The summed E-state index contributed by atoms with van der Waals surface area (Å²) in [4.78, 5) is 24.6. The third kappa shape index (κ3) is 4.08. The minimum absolute atomic E-state index is 0.135. The van der Waals surface area contributed by atoms with E-state index in [0.717, 1.165) is 37.5 Å². The fourth-order valence-corrected chi connectivity index (χ4v) is 2.55. The third-order valence-electron chi connectivity index (χ3n) is 3.88. The van der Waals surface area contributed by atoms with E-state index >= 15 is 0 Å². The van der Waals surface area contributed by atoms with E-state index in [-0.39, 0.29) is 17.6 Å². The number of rotatable bonds is 5. The van der Waals surface area contributed by atoms with E-state index in [0.29, 0.717) is 19.5 Å². The van der Waals surface area contributed by atoms with Crippen molar-refractivity contribution in [1.82, 2.24) is 4.90 Å².